The summed E-state index contributed by atoms with van der Waals surface area (Å²) in [5, 5.41) is 3.53. The molecule has 0 aromatic carbocycles. The molecule has 1 heteroatoms. The summed E-state index contributed by atoms with van der Waals surface area (Å²) in [6, 6.07) is 0. The first kappa shape index (κ1) is 7.60. The molecule has 64 valence electrons. The molecule has 2 fully saturated rings. The third-order valence-electron chi connectivity index (χ3n) is 3.57. The fourth-order valence-corrected chi connectivity index (χ4v) is 2.89. The third kappa shape index (κ3) is 1.44. The van der Waals surface area contributed by atoms with E-state index in [1.54, 1.807) is 0 Å². The molecule has 2 aliphatic rings. The first-order chi connectivity index (χ1) is 5.38. The van der Waals surface area contributed by atoms with Gasteiger partial charge in [0.15, 0.2) is 0 Å². The van der Waals surface area contributed by atoms with Crippen LogP contribution >= 0.6 is 0 Å². The molecule has 11 heavy (non-hydrogen) atoms. The highest BCUT2D eigenvalue weighted by molar-refractivity contribution is 4.85. The summed E-state index contributed by atoms with van der Waals surface area (Å²) in [6.07, 6.45) is 5.97. The van der Waals surface area contributed by atoms with Crippen molar-refractivity contribution in [3.63, 3.8) is 0 Å². The van der Waals surface area contributed by atoms with E-state index < -0.39 is 0 Å². The lowest BCUT2D eigenvalue weighted by Crippen LogP contribution is -2.43. The zero-order valence-corrected chi connectivity index (χ0v) is 7.47. The lowest BCUT2D eigenvalue weighted by atomic mass is 9.71. The summed E-state index contributed by atoms with van der Waals surface area (Å²) in [5.41, 5.74) is 0. The van der Waals surface area contributed by atoms with Gasteiger partial charge in [-0.2, -0.15) is 0 Å². The molecule has 1 aliphatic heterocycles. The number of rotatable bonds is 0. The molecule has 1 N–H and O–H groups in total. The molecule has 0 radical (unpaired) electrons. The maximum absolute atomic E-state index is 3.53. The van der Waals surface area contributed by atoms with Crippen LogP contribution in [0.2, 0.25) is 0 Å². The molecule has 1 aliphatic carbocycles. The molecule has 0 spiro atoms. The molecule has 3 unspecified atom stereocenters. The van der Waals surface area contributed by atoms with Crippen molar-refractivity contribution in [3.05, 3.63) is 0 Å². The molecule has 1 saturated carbocycles. The number of hydrogen-bond donors (Lipinski definition) is 1. The van der Waals surface area contributed by atoms with Gasteiger partial charge in [-0.3, -0.25) is 0 Å². The molecule has 0 aromatic heterocycles. The van der Waals surface area contributed by atoms with Gasteiger partial charge in [-0.1, -0.05) is 19.8 Å². The second-order valence-electron chi connectivity index (χ2n) is 4.34. The minimum atomic E-state index is 0.939. The SMILES string of the molecule is CC1CNCC2CCCCC12. The third-order valence-corrected chi connectivity index (χ3v) is 3.57. The van der Waals surface area contributed by atoms with Crippen molar-refractivity contribution in [2.45, 2.75) is 32.6 Å². The normalized spacial score (nSPS) is 45.0. The fraction of sp³-hybridized carbons (Fsp3) is 1.00. The van der Waals surface area contributed by atoms with Gasteiger partial charge in [-0.15, -0.1) is 0 Å². The first-order valence-corrected chi connectivity index (χ1v) is 5.08. The van der Waals surface area contributed by atoms with Gasteiger partial charge in [0.1, 0.15) is 0 Å². The number of nitrogens with one attached hydrogen (secondary N) is 1. The van der Waals surface area contributed by atoms with Crippen molar-refractivity contribution < 1.29 is 0 Å². The average molecular weight is 153 g/mol. The smallest absolute Gasteiger partial charge is 0.00176 e. The van der Waals surface area contributed by atoms with Crippen LogP contribution in [0.25, 0.3) is 0 Å². The van der Waals surface area contributed by atoms with E-state index in [1.165, 1.54) is 38.8 Å². The Kier molecular flexibility index (Phi) is 2.17. The molecular formula is C10H19N. The highest BCUT2D eigenvalue weighted by Crippen LogP contribution is 2.36. The Morgan fingerprint density at radius 3 is 2.73 bits per heavy atom. The van der Waals surface area contributed by atoms with Crippen molar-refractivity contribution in [1.29, 1.82) is 0 Å². The van der Waals surface area contributed by atoms with Gasteiger partial charge in [0.05, 0.1) is 0 Å². The zero-order valence-electron chi connectivity index (χ0n) is 7.47. The van der Waals surface area contributed by atoms with E-state index in [0.29, 0.717) is 0 Å². The minimum absolute atomic E-state index is 0.939. The van der Waals surface area contributed by atoms with Crippen LogP contribution in [0.3, 0.4) is 0 Å². The Hall–Kier alpha value is -0.0400. The summed E-state index contributed by atoms with van der Waals surface area (Å²) in [4.78, 5) is 0. The minimum Gasteiger partial charge on any atom is -0.316 e. The lowest BCUT2D eigenvalue weighted by molar-refractivity contribution is 0.129. The quantitative estimate of drug-likeness (QED) is 0.561. The standard InChI is InChI=1S/C10H19N/c1-8-6-11-7-9-4-2-3-5-10(8)9/h8-11H,2-7H2,1H3. The van der Waals surface area contributed by atoms with Crippen LogP contribution in [0.4, 0.5) is 0 Å². The van der Waals surface area contributed by atoms with E-state index in [9.17, 15) is 0 Å². The highest BCUT2D eigenvalue weighted by atomic mass is 14.9. The van der Waals surface area contributed by atoms with E-state index in [2.05, 4.69) is 12.2 Å². The summed E-state index contributed by atoms with van der Waals surface area (Å²) in [7, 11) is 0. The zero-order chi connectivity index (χ0) is 7.68. The molecule has 0 amide bonds. The van der Waals surface area contributed by atoms with Crippen LogP contribution in [0.5, 0.6) is 0 Å². The molecule has 1 heterocycles. The van der Waals surface area contributed by atoms with Crippen LogP contribution < -0.4 is 5.32 Å². The van der Waals surface area contributed by atoms with Gasteiger partial charge >= 0.3 is 0 Å². The monoisotopic (exact) mass is 153 g/mol. The molecule has 3 atom stereocenters. The van der Waals surface area contributed by atoms with Crippen molar-refractivity contribution >= 4 is 0 Å². The fourth-order valence-electron chi connectivity index (χ4n) is 2.89. The van der Waals surface area contributed by atoms with E-state index >= 15 is 0 Å². The van der Waals surface area contributed by atoms with E-state index in [4.69, 9.17) is 0 Å². The van der Waals surface area contributed by atoms with Crippen LogP contribution in [0, 0.1) is 17.8 Å². The van der Waals surface area contributed by atoms with Gasteiger partial charge in [-0.25, -0.2) is 0 Å². The van der Waals surface area contributed by atoms with Gasteiger partial charge < -0.3 is 5.32 Å². The van der Waals surface area contributed by atoms with Crippen molar-refractivity contribution in [1.82, 2.24) is 5.32 Å². The highest BCUT2D eigenvalue weighted by Gasteiger charge is 2.31. The predicted molar refractivity (Wildman–Crippen MR) is 47.5 cm³/mol. The molecular weight excluding hydrogens is 134 g/mol. The van der Waals surface area contributed by atoms with E-state index in [0.717, 1.165) is 17.8 Å². The summed E-state index contributed by atoms with van der Waals surface area (Å²) in [5.74, 6) is 3.02. The van der Waals surface area contributed by atoms with Crippen LogP contribution in [0.15, 0.2) is 0 Å². The maximum Gasteiger partial charge on any atom is -0.00176 e. The Morgan fingerprint density at radius 2 is 1.91 bits per heavy atom. The summed E-state index contributed by atoms with van der Waals surface area (Å²) >= 11 is 0. The van der Waals surface area contributed by atoms with E-state index in [-0.39, 0.29) is 0 Å². The van der Waals surface area contributed by atoms with Gasteiger partial charge in [0, 0.05) is 0 Å². The van der Waals surface area contributed by atoms with Gasteiger partial charge in [0.25, 0.3) is 0 Å². The lowest BCUT2D eigenvalue weighted by Gasteiger charge is -2.40. The van der Waals surface area contributed by atoms with E-state index in [1.807, 2.05) is 0 Å². The molecule has 1 nitrogen and oxygen atoms in total. The molecule has 1 saturated heterocycles. The van der Waals surface area contributed by atoms with Crippen molar-refractivity contribution in [2.24, 2.45) is 17.8 Å². The Morgan fingerprint density at radius 1 is 1.09 bits per heavy atom. The largest absolute Gasteiger partial charge is 0.316 e. The number of piperidine rings is 1. The number of fused-ring (bicyclic) bond motifs is 1. The summed E-state index contributed by atoms with van der Waals surface area (Å²) in [6.45, 7) is 4.98. The van der Waals surface area contributed by atoms with Gasteiger partial charge in [0.2, 0.25) is 0 Å². The summed E-state index contributed by atoms with van der Waals surface area (Å²) < 4.78 is 0. The van der Waals surface area contributed by atoms with Crippen LogP contribution in [-0.4, -0.2) is 13.1 Å². The van der Waals surface area contributed by atoms with Crippen LogP contribution in [0.1, 0.15) is 32.6 Å². The Balaban J connectivity index is 1.99. The molecule has 0 aromatic rings. The second-order valence-corrected chi connectivity index (χ2v) is 4.34. The van der Waals surface area contributed by atoms with Crippen molar-refractivity contribution in [3.8, 4) is 0 Å². The number of hydrogen-bond acceptors (Lipinski definition) is 1. The van der Waals surface area contributed by atoms with Gasteiger partial charge in [-0.05, 0) is 43.7 Å². The molecule has 0 bridgehead atoms. The van der Waals surface area contributed by atoms with Crippen LogP contribution in [-0.2, 0) is 0 Å². The topological polar surface area (TPSA) is 12.0 Å². The molecule has 2 rings (SSSR count). The predicted octanol–water partition coefficient (Wildman–Crippen LogP) is 2.03. The first-order valence-electron chi connectivity index (χ1n) is 5.08. The maximum atomic E-state index is 3.53. The second kappa shape index (κ2) is 3.14. The average Bonchev–Trinajstić information content (AvgIpc) is 2.06. The Labute approximate surface area is 69.6 Å². The Bertz CT molecular complexity index is 131. The van der Waals surface area contributed by atoms with Crippen molar-refractivity contribution in [2.75, 3.05) is 13.1 Å².